The van der Waals surface area contributed by atoms with E-state index in [1.807, 2.05) is 45.0 Å². The van der Waals surface area contributed by atoms with Crippen LogP contribution in [0.1, 0.15) is 34.7 Å². The molecule has 3 aromatic carbocycles. The summed E-state index contributed by atoms with van der Waals surface area (Å²) in [5.41, 5.74) is 4.33. The van der Waals surface area contributed by atoms with E-state index in [1.54, 1.807) is 36.4 Å². The second kappa shape index (κ2) is 12.4. The molecule has 0 aliphatic rings. The first-order chi connectivity index (χ1) is 17.4. The summed E-state index contributed by atoms with van der Waals surface area (Å²) in [5.74, 6) is 0.0466. The minimum absolute atomic E-state index is 0.0216. The van der Waals surface area contributed by atoms with E-state index in [2.05, 4.69) is 11.9 Å². The molecular weight excluding hydrogens is 455 g/mol. The molecule has 0 fully saturated rings. The Morgan fingerprint density at radius 1 is 1.11 bits per heavy atom. The van der Waals surface area contributed by atoms with Crippen LogP contribution in [-0.4, -0.2) is 12.5 Å². The van der Waals surface area contributed by atoms with Crippen LogP contribution >= 0.6 is 0 Å². The van der Waals surface area contributed by atoms with Crippen molar-refractivity contribution >= 4 is 17.7 Å². The van der Waals surface area contributed by atoms with Crippen molar-refractivity contribution in [1.82, 2.24) is 0 Å². The average molecular weight is 485 g/mol. The van der Waals surface area contributed by atoms with Crippen LogP contribution < -0.4 is 14.8 Å². The Bertz CT molecular complexity index is 1340. The lowest BCUT2D eigenvalue weighted by Gasteiger charge is -2.17. The van der Waals surface area contributed by atoms with E-state index < -0.39 is 5.91 Å². The Hall–Kier alpha value is -4.37. The number of anilines is 1. The van der Waals surface area contributed by atoms with Crippen LogP contribution in [-0.2, 0) is 17.8 Å². The van der Waals surface area contributed by atoms with Gasteiger partial charge in [-0.15, -0.1) is 6.58 Å². The highest BCUT2D eigenvalue weighted by molar-refractivity contribution is 6.10. The third-order valence-electron chi connectivity index (χ3n) is 5.68. The summed E-state index contributed by atoms with van der Waals surface area (Å²) in [5, 5.41) is 12.5. The third kappa shape index (κ3) is 6.39. The topological polar surface area (TPSA) is 71.4 Å². The lowest BCUT2D eigenvalue weighted by atomic mass is 10.0. The van der Waals surface area contributed by atoms with Gasteiger partial charge in [-0.3, -0.25) is 4.79 Å². The van der Waals surface area contributed by atoms with Crippen LogP contribution in [0.4, 0.5) is 10.1 Å². The monoisotopic (exact) mass is 484 g/mol. The number of rotatable bonds is 10. The SMILES string of the molecule is C=CCc1cc(/C=C(\C#N)C(=O)Nc2cccc(C)c2C)cc(OCC)c1OCc1ccccc1F. The summed E-state index contributed by atoms with van der Waals surface area (Å²) >= 11 is 0. The van der Waals surface area contributed by atoms with Crippen molar-refractivity contribution in [1.29, 1.82) is 5.26 Å². The van der Waals surface area contributed by atoms with Crippen LogP contribution in [0.15, 0.2) is 72.8 Å². The fourth-order valence-corrected chi connectivity index (χ4v) is 3.66. The lowest BCUT2D eigenvalue weighted by Crippen LogP contribution is -2.14. The highest BCUT2D eigenvalue weighted by atomic mass is 19.1. The molecule has 0 atom stereocenters. The number of amides is 1. The number of nitrogens with one attached hydrogen (secondary N) is 1. The van der Waals surface area contributed by atoms with Gasteiger partial charge in [0.05, 0.1) is 6.61 Å². The summed E-state index contributed by atoms with van der Waals surface area (Å²) in [6, 6.07) is 17.5. The molecule has 0 spiro atoms. The molecule has 0 heterocycles. The number of nitriles is 1. The van der Waals surface area contributed by atoms with E-state index in [1.165, 1.54) is 12.1 Å². The Balaban J connectivity index is 1.95. The molecule has 6 heteroatoms. The molecule has 3 rings (SSSR count). The third-order valence-corrected chi connectivity index (χ3v) is 5.68. The minimum Gasteiger partial charge on any atom is -0.490 e. The maximum Gasteiger partial charge on any atom is 0.266 e. The highest BCUT2D eigenvalue weighted by Gasteiger charge is 2.16. The first kappa shape index (κ1) is 26.2. The number of allylic oxidation sites excluding steroid dienone is 1. The van der Waals surface area contributed by atoms with Gasteiger partial charge >= 0.3 is 0 Å². The van der Waals surface area contributed by atoms with Gasteiger partial charge in [0.25, 0.3) is 5.91 Å². The number of hydrogen-bond donors (Lipinski definition) is 1. The molecular formula is C30H29FN2O3. The van der Waals surface area contributed by atoms with Crippen molar-refractivity contribution in [2.24, 2.45) is 0 Å². The van der Waals surface area contributed by atoms with Gasteiger partial charge in [-0.1, -0.05) is 36.4 Å². The van der Waals surface area contributed by atoms with Gasteiger partial charge in [-0.25, -0.2) is 4.39 Å². The summed E-state index contributed by atoms with van der Waals surface area (Å²) in [7, 11) is 0. The zero-order valence-corrected chi connectivity index (χ0v) is 20.7. The summed E-state index contributed by atoms with van der Waals surface area (Å²) in [4.78, 5) is 12.9. The largest absolute Gasteiger partial charge is 0.490 e. The molecule has 0 aliphatic heterocycles. The Labute approximate surface area is 211 Å². The quantitative estimate of drug-likeness (QED) is 0.198. The van der Waals surface area contributed by atoms with E-state index >= 15 is 0 Å². The molecule has 0 saturated heterocycles. The molecule has 0 aromatic heterocycles. The highest BCUT2D eigenvalue weighted by Crippen LogP contribution is 2.35. The van der Waals surface area contributed by atoms with Crippen LogP contribution in [0.25, 0.3) is 6.08 Å². The molecule has 5 nitrogen and oxygen atoms in total. The van der Waals surface area contributed by atoms with Gasteiger partial charge in [-0.05, 0) is 74.2 Å². The van der Waals surface area contributed by atoms with Crippen molar-refractivity contribution < 1.29 is 18.7 Å². The van der Waals surface area contributed by atoms with Crippen molar-refractivity contribution in [2.45, 2.75) is 33.8 Å². The van der Waals surface area contributed by atoms with Gasteiger partial charge in [0.15, 0.2) is 11.5 Å². The van der Waals surface area contributed by atoms with E-state index in [0.29, 0.717) is 41.3 Å². The zero-order chi connectivity index (χ0) is 26.1. The number of hydrogen-bond acceptors (Lipinski definition) is 4. The number of ether oxygens (including phenoxy) is 2. The maximum atomic E-state index is 14.1. The van der Waals surface area contributed by atoms with Gasteiger partial charge in [-0.2, -0.15) is 5.26 Å². The molecule has 0 bridgehead atoms. The van der Waals surface area contributed by atoms with E-state index in [4.69, 9.17) is 9.47 Å². The predicted octanol–water partition coefficient (Wildman–Crippen LogP) is 6.69. The fraction of sp³-hybridized carbons (Fsp3) is 0.200. The van der Waals surface area contributed by atoms with Crippen molar-refractivity contribution in [2.75, 3.05) is 11.9 Å². The molecule has 3 aromatic rings. The van der Waals surface area contributed by atoms with Crippen LogP contribution in [0.3, 0.4) is 0 Å². The van der Waals surface area contributed by atoms with Crippen LogP contribution in [0, 0.1) is 31.0 Å². The fourth-order valence-electron chi connectivity index (χ4n) is 3.66. The van der Waals surface area contributed by atoms with E-state index in [0.717, 1.165) is 16.7 Å². The molecule has 184 valence electrons. The number of carbonyl (C=O) groups excluding carboxylic acids is 1. The average Bonchev–Trinajstić information content (AvgIpc) is 2.86. The van der Waals surface area contributed by atoms with E-state index in [9.17, 15) is 14.4 Å². The molecule has 0 saturated carbocycles. The van der Waals surface area contributed by atoms with Crippen molar-refractivity contribution in [3.63, 3.8) is 0 Å². The molecule has 0 radical (unpaired) electrons. The smallest absolute Gasteiger partial charge is 0.266 e. The summed E-state index contributed by atoms with van der Waals surface area (Å²) in [6.45, 7) is 9.92. The van der Waals surface area contributed by atoms with Crippen molar-refractivity contribution in [3.8, 4) is 17.6 Å². The van der Waals surface area contributed by atoms with Crippen LogP contribution in [0.2, 0.25) is 0 Å². The number of nitrogens with zero attached hydrogens (tertiary/aromatic N) is 1. The van der Waals surface area contributed by atoms with Gasteiger partial charge in [0.2, 0.25) is 0 Å². The molecule has 0 aliphatic carbocycles. The number of halogens is 1. The predicted molar refractivity (Wildman–Crippen MR) is 140 cm³/mol. The number of aryl methyl sites for hydroxylation is 1. The van der Waals surface area contributed by atoms with Gasteiger partial charge < -0.3 is 14.8 Å². The Morgan fingerprint density at radius 2 is 1.89 bits per heavy atom. The number of carbonyl (C=O) groups is 1. The summed E-state index contributed by atoms with van der Waals surface area (Å²) in [6.07, 6.45) is 3.67. The van der Waals surface area contributed by atoms with E-state index in [-0.39, 0.29) is 18.0 Å². The van der Waals surface area contributed by atoms with Gasteiger partial charge in [0.1, 0.15) is 24.1 Å². The zero-order valence-electron chi connectivity index (χ0n) is 20.7. The summed E-state index contributed by atoms with van der Waals surface area (Å²) < 4.78 is 25.9. The molecule has 36 heavy (non-hydrogen) atoms. The second-order valence-corrected chi connectivity index (χ2v) is 8.18. The minimum atomic E-state index is -0.505. The normalized spacial score (nSPS) is 10.9. The Kier molecular flexibility index (Phi) is 9.01. The number of benzene rings is 3. The standard InChI is InChI=1S/C30H29FN2O3/c1-5-10-23-15-22(16-25(18-32)30(34)33-27-14-9-11-20(3)21(27)4)17-28(35-6-2)29(23)36-19-24-12-7-8-13-26(24)31/h5,7-9,11-17H,1,6,10,19H2,2-4H3,(H,33,34)/b25-16+. The maximum absolute atomic E-state index is 14.1. The first-order valence-electron chi connectivity index (χ1n) is 11.6. The molecule has 0 unspecified atom stereocenters. The van der Waals surface area contributed by atoms with Crippen molar-refractivity contribution in [3.05, 3.63) is 106 Å². The molecule has 1 N–H and O–H groups in total. The van der Waals surface area contributed by atoms with Crippen LogP contribution in [0.5, 0.6) is 11.5 Å². The Morgan fingerprint density at radius 3 is 2.58 bits per heavy atom. The first-order valence-corrected chi connectivity index (χ1v) is 11.6. The van der Waals surface area contributed by atoms with Gasteiger partial charge in [0, 0.05) is 16.8 Å². The lowest BCUT2D eigenvalue weighted by molar-refractivity contribution is -0.112. The second-order valence-electron chi connectivity index (χ2n) is 8.18. The molecule has 1 amide bonds.